The molecule has 0 bridgehead atoms. The second-order valence-corrected chi connectivity index (χ2v) is 5.59. The van der Waals surface area contributed by atoms with Gasteiger partial charge in [0, 0.05) is 17.2 Å². The van der Waals surface area contributed by atoms with Gasteiger partial charge in [-0.1, -0.05) is 42.6 Å². The standard InChI is InChI=1S/C14H22BrN/c1-3-5-13(6-4-2)14(15)11-12-7-9-16-10-8-12/h7-10,13-14H,3-6,11H2,1-2H3. The number of hydrogen-bond acceptors (Lipinski definition) is 1. The number of alkyl halides is 1. The van der Waals surface area contributed by atoms with Gasteiger partial charge in [-0.25, -0.2) is 0 Å². The Kier molecular flexibility index (Phi) is 6.70. The number of rotatable bonds is 7. The van der Waals surface area contributed by atoms with Gasteiger partial charge in [0.2, 0.25) is 0 Å². The fraction of sp³-hybridized carbons (Fsp3) is 0.643. The second kappa shape index (κ2) is 7.83. The first kappa shape index (κ1) is 13.7. The maximum absolute atomic E-state index is 4.05. The molecule has 0 aliphatic heterocycles. The zero-order chi connectivity index (χ0) is 11.8. The predicted molar refractivity (Wildman–Crippen MR) is 74.0 cm³/mol. The van der Waals surface area contributed by atoms with Crippen LogP contribution >= 0.6 is 15.9 Å². The first-order valence-corrected chi connectivity index (χ1v) is 7.22. The van der Waals surface area contributed by atoms with E-state index in [2.05, 4.69) is 46.9 Å². The van der Waals surface area contributed by atoms with Crippen molar-refractivity contribution in [1.82, 2.24) is 4.98 Å². The minimum atomic E-state index is 0.606. The molecular formula is C14H22BrN. The number of hydrogen-bond donors (Lipinski definition) is 0. The van der Waals surface area contributed by atoms with Crippen molar-refractivity contribution in [3.63, 3.8) is 0 Å². The molecule has 1 rings (SSSR count). The first-order valence-electron chi connectivity index (χ1n) is 6.30. The molecule has 0 radical (unpaired) electrons. The average molecular weight is 284 g/mol. The molecular weight excluding hydrogens is 262 g/mol. The van der Waals surface area contributed by atoms with Gasteiger partial charge in [0.1, 0.15) is 0 Å². The molecule has 1 heterocycles. The number of nitrogens with zero attached hydrogens (tertiary/aromatic N) is 1. The summed E-state index contributed by atoms with van der Waals surface area (Å²) in [5, 5.41) is 0. The highest BCUT2D eigenvalue weighted by Crippen LogP contribution is 2.26. The SMILES string of the molecule is CCCC(CCC)C(Br)Cc1ccncc1. The molecule has 1 aromatic heterocycles. The molecule has 0 N–H and O–H groups in total. The monoisotopic (exact) mass is 283 g/mol. The van der Waals surface area contributed by atoms with E-state index < -0.39 is 0 Å². The normalized spacial score (nSPS) is 13.0. The Morgan fingerprint density at radius 1 is 1.12 bits per heavy atom. The van der Waals surface area contributed by atoms with E-state index in [0.29, 0.717) is 4.83 Å². The Bertz CT molecular complexity index is 267. The molecule has 2 heteroatoms. The van der Waals surface area contributed by atoms with Crippen molar-refractivity contribution >= 4 is 15.9 Å². The predicted octanol–water partition coefficient (Wildman–Crippen LogP) is 4.60. The quantitative estimate of drug-likeness (QED) is 0.667. The van der Waals surface area contributed by atoms with Crippen LogP contribution in [0.3, 0.4) is 0 Å². The number of pyridine rings is 1. The zero-order valence-corrected chi connectivity index (χ0v) is 11.9. The van der Waals surface area contributed by atoms with Crippen molar-refractivity contribution in [2.45, 2.75) is 50.8 Å². The molecule has 0 aromatic carbocycles. The van der Waals surface area contributed by atoms with E-state index in [1.165, 1.54) is 31.2 Å². The lowest BCUT2D eigenvalue weighted by Gasteiger charge is -2.21. The van der Waals surface area contributed by atoms with E-state index in [-0.39, 0.29) is 0 Å². The molecule has 1 nitrogen and oxygen atoms in total. The molecule has 0 saturated carbocycles. The van der Waals surface area contributed by atoms with Crippen molar-refractivity contribution in [2.75, 3.05) is 0 Å². The lowest BCUT2D eigenvalue weighted by molar-refractivity contribution is 0.427. The summed E-state index contributed by atoms with van der Waals surface area (Å²) in [6.07, 6.45) is 10.1. The van der Waals surface area contributed by atoms with Crippen molar-refractivity contribution in [3.8, 4) is 0 Å². The lowest BCUT2D eigenvalue weighted by Crippen LogP contribution is -2.17. The lowest BCUT2D eigenvalue weighted by atomic mass is 9.91. The molecule has 0 fully saturated rings. The minimum Gasteiger partial charge on any atom is -0.265 e. The molecule has 1 unspecified atom stereocenters. The Morgan fingerprint density at radius 3 is 2.19 bits per heavy atom. The van der Waals surface area contributed by atoms with Gasteiger partial charge in [-0.3, -0.25) is 4.98 Å². The van der Waals surface area contributed by atoms with Crippen LogP contribution in [0.25, 0.3) is 0 Å². The minimum absolute atomic E-state index is 0.606. The first-order chi connectivity index (χ1) is 7.77. The van der Waals surface area contributed by atoms with E-state index in [9.17, 15) is 0 Å². The Morgan fingerprint density at radius 2 is 1.69 bits per heavy atom. The van der Waals surface area contributed by atoms with E-state index in [1.807, 2.05) is 12.4 Å². The third-order valence-corrected chi connectivity index (χ3v) is 4.08. The highest BCUT2D eigenvalue weighted by Gasteiger charge is 2.17. The van der Waals surface area contributed by atoms with Crippen molar-refractivity contribution < 1.29 is 0 Å². The summed E-state index contributed by atoms with van der Waals surface area (Å²) in [5.74, 6) is 0.808. The van der Waals surface area contributed by atoms with Crippen LogP contribution in [0.1, 0.15) is 45.1 Å². The van der Waals surface area contributed by atoms with Crippen LogP contribution in [-0.4, -0.2) is 9.81 Å². The maximum atomic E-state index is 4.05. The number of aromatic nitrogens is 1. The summed E-state index contributed by atoms with van der Waals surface area (Å²) in [5.41, 5.74) is 1.38. The summed E-state index contributed by atoms with van der Waals surface area (Å²) in [6, 6.07) is 4.23. The van der Waals surface area contributed by atoms with Gasteiger partial charge in [0.05, 0.1) is 0 Å². The van der Waals surface area contributed by atoms with Crippen LogP contribution in [0.5, 0.6) is 0 Å². The summed E-state index contributed by atoms with van der Waals surface area (Å²) >= 11 is 3.86. The van der Waals surface area contributed by atoms with Crippen LogP contribution in [-0.2, 0) is 6.42 Å². The topological polar surface area (TPSA) is 12.9 Å². The Hall–Kier alpha value is -0.370. The molecule has 1 atom stereocenters. The van der Waals surface area contributed by atoms with E-state index >= 15 is 0 Å². The Balaban J connectivity index is 2.51. The van der Waals surface area contributed by atoms with Gasteiger partial charge in [-0.15, -0.1) is 0 Å². The smallest absolute Gasteiger partial charge is 0.0270 e. The van der Waals surface area contributed by atoms with Crippen LogP contribution in [0.15, 0.2) is 24.5 Å². The molecule has 0 spiro atoms. The second-order valence-electron chi connectivity index (χ2n) is 4.41. The highest BCUT2D eigenvalue weighted by molar-refractivity contribution is 9.09. The zero-order valence-electron chi connectivity index (χ0n) is 10.3. The molecule has 0 amide bonds. The Labute approximate surface area is 108 Å². The molecule has 0 aliphatic carbocycles. The van der Waals surface area contributed by atoms with Crippen LogP contribution < -0.4 is 0 Å². The number of halogens is 1. The molecule has 0 aliphatic rings. The van der Waals surface area contributed by atoms with E-state index in [0.717, 1.165) is 12.3 Å². The maximum Gasteiger partial charge on any atom is 0.0270 e. The van der Waals surface area contributed by atoms with E-state index in [4.69, 9.17) is 0 Å². The molecule has 0 saturated heterocycles. The van der Waals surface area contributed by atoms with Crippen LogP contribution in [0.2, 0.25) is 0 Å². The van der Waals surface area contributed by atoms with Crippen LogP contribution in [0, 0.1) is 5.92 Å². The fourth-order valence-corrected chi connectivity index (χ4v) is 3.06. The summed E-state index contributed by atoms with van der Waals surface area (Å²) in [4.78, 5) is 4.66. The summed E-state index contributed by atoms with van der Waals surface area (Å²) in [7, 11) is 0. The van der Waals surface area contributed by atoms with Gasteiger partial charge in [-0.05, 0) is 42.9 Å². The molecule has 16 heavy (non-hydrogen) atoms. The average Bonchev–Trinajstić information content (AvgIpc) is 2.30. The van der Waals surface area contributed by atoms with Gasteiger partial charge in [0.15, 0.2) is 0 Å². The third kappa shape index (κ3) is 4.65. The third-order valence-electron chi connectivity index (χ3n) is 3.01. The molecule has 90 valence electrons. The van der Waals surface area contributed by atoms with Gasteiger partial charge >= 0.3 is 0 Å². The van der Waals surface area contributed by atoms with Crippen molar-refractivity contribution in [3.05, 3.63) is 30.1 Å². The fourth-order valence-electron chi connectivity index (χ4n) is 2.16. The summed E-state index contributed by atoms with van der Waals surface area (Å²) < 4.78 is 0. The van der Waals surface area contributed by atoms with Gasteiger partial charge in [-0.2, -0.15) is 0 Å². The van der Waals surface area contributed by atoms with Crippen LogP contribution in [0.4, 0.5) is 0 Å². The van der Waals surface area contributed by atoms with Crippen molar-refractivity contribution in [2.24, 2.45) is 5.92 Å². The summed E-state index contributed by atoms with van der Waals surface area (Å²) in [6.45, 7) is 4.55. The van der Waals surface area contributed by atoms with Gasteiger partial charge < -0.3 is 0 Å². The molecule has 1 aromatic rings. The van der Waals surface area contributed by atoms with Gasteiger partial charge in [0.25, 0.3) is 0 Å². The van der Waals surface area contributed by atoms with E-state index in [1.54, 1.807) is 0 Å². The largest absolute Gasteiger partial charge is 0.265 e. The highest BCUT2D eigenvalue weighted by atomic mass is 79.9. The van der Waals surface area contributed by atoms with Crippen molar-refractivity contribution in [1.29, 1.82) is 0 Å².